The zero-order valence-corrected chi connectivity index (χ0v) is 15.5. The fourth-order valence-electron chi connectivity index (χ4n) is 4.00. The summed E-state index contributed by atoms with van der Waals surface area (Å²) in [6.07, 6.45) is 4.90. The van der Waals surface area contributed by atoms with Gasteiger partial charge in [-0.25, -0.2) is 4.98 Å². The van der Waals surface area contributed by atoms with Gasteiger partial charge in [0.25, 0.3) is 0 Å². The molecule has 138 valence electrons. The molecule has 2 aromatic carbocycles. The summed E-state index contributed by atoms with van der Waals surface area (Å²) < 4.78 is 5.65. The van der Waals surface area contributed by atoms with Gasteiger partial charge in [-0.1, -0.05) is 6.07 Å². The number of benzene rings is 2. The van der Waals surface area contributed by atoms with Crippen LogP contribution >= 0.6 is 0 Å². The Morgan fingerprint density at radius 3 is 3.00 bits per heavy atom. The molecule has 0 unspecified atom stereocenters. The molecule has 1 aliphatic carbocycles. The number of H-pyrrole nitrogens is 1. The maximum Gasteiger partial charge on any atom is 0.191 e. The van der Waals surface area contributed by atoms with Crippen LogP contribution in [0.3, 0.4) is 0 Å². The van der Waals surface area contributed by atoms with Crippen LogP contribution in [-0.4, -0.2) is 15.2 Å². The number of aryl methyl sites for hydroxylation is 2. The maximum atomic E-state index is 9.16. The number of hydrogen-bond acceptors (Lipinski definition) is 5. The lowest BCUT2D eigenvalue weighted by molar-refractivity contribution is 0.533. The highest BCUT2D eigenvalue weighted by Gasteiger charge is 2.21. The van der Waals surface area contributed by atoms with Gasteiger partial charge in [0.1, 0.15) is 5.69 Å². The molecule has 2 N–H and O–H groups in total. The molecule has 1 atom stereocenters. The summed E-state index contributed by atoms with van der Waals surface area (Å²) in [4.78, 5) is 4.18. The van der Waals surface area contributed by atoms with E-state index in [9.17, 15) is 0 Å². The summed E-state index contributed by atoms with van der Waals surface area (Å²) in [6, 6.07) is 14.7. The summed E-state index contributed by atoms with van der Waals surface area (Å²) in [5.74, 6) is 1.28. The van der Waals surface area contributed by atoms with Crippen LogP contribution < -0.4 is 5.32 Å². The minimum absolute atomic E-state index is 0.233. The number of anilines is 1. The standard InChI is InChI=1S/C22H19N5O/c1-13-24-12-21(28-13)22-18-10-16(6-8-20(18)26-27-22)25-19-4-2-3-15-9-14(11-23)5-7-17(15)19/h5-10,12,19,25H,2-4H2,1H3,(H,26,27)/t19-/m0/s1. The van der Waals surface area contributed by atoms with Gasteiger partial charge >= 0.3 is 0 Å². The van der Waals surface area contributed by atoms with Crippen LogP contribution in [0.15, 0.2) is 47.0 Å². The Morgan fingerprint density at radius 1 is 1.25 bits per heavy atom. The van der Waals surface area contributed by atoms with E-state index < -0.39 is 0 Å². The SMILES string of the molecule is Cc1ncc(-c2n[nH]c3ccc(N[C@H]4CCCc5cc(C#N)ccc54)cc23)o1. The van der Waals surface area contributed by atoms with Crippen LogP contribution in [0.4, 0.5) is 5.69 Å². The van der Waals surface area contributed by atoms with Crippen LogP contribution in [0.1, 0.15) is 41.5 Å². The minimum Gasteiger partial charge on any atom is -0.439 e. The van der Waals surface area contributed by atoms with Gasteiger partial charge in [0, 0.05) is 18.0 Å². The van der Waals surface area contributed by atoms with Crippen molar-refractivity contribution in [1.29, 1.82) is 5.26 Å². The largest absolute Gasteiger partial charge is 0.439 e. The van der Waals surface area contributed by atoms with Crippen LogP contribution in [0.2, 0.25) is 0 Å². The molecule has 4 aromatic rings. The van der Waals surface area contributed by atoms with Gasteiger partial charge in [-0.15, -0.1) is 0 Å². The van der Waals surface area contributed by atoms with Crippen molar-refractivity contribution in [3.8, 4) is 17.5 Å². The molecule has 28 heavy (non-hydrogen) atoms. The molecule has 6 heteroatoms. The van der Waals surface area contributed by atoms with Crippen LogP contribution in [-0.2, 0) is 6.42 Å². The van der Waals surface area contributed by atoms with Crippen LogP contribution in [0.5, 0.6) is 0 Å². The topological polar surface area (TPSA) is 90.5 Å². The molecule has 0 spiro atoms. The predicted molar refractivity (Wildman–Crippen MR) is 107 cm³/mol. The Bertz CT molecular complexity index is 1210. The lowest BCUT2D eigenvalue weighted by atomic mass is 9.86. The van der Waals surface area contributed by atoms with Gasteiger partial charge in [-0.3, -0.25) is 5.10 Å². The van der Waals surface area contributed by atoms with Crippen molar-refractivity contribution in [3.05, 3.63) is 65.2 Å². The first-order valence-corrected chi connectivity index (χ1v) is 9.41. The van der Waals surface area contributed by atoms with E-state index in [0.717, 1.165) is 47.1 Å². The predicted octanol–water partition coefficient (Wildman–Crippen LogP) is 4.89. The van der Waals surface area contributed by atoms with Gasteiger partial charge < -0.3 is 9.73 Å². The highest BCUT2D eigenvalue weighted by molar-refractivity contribution is 5.93. The molecule has 5 rings (SSSR count). The van der Waals surface area contributed by atoms with Gasteiger partial charge in [-0.2, -0.15) is 10.4 Å². The van der Waals surface area contributed by atoms with E-state index in [2.05, 4.69) is 44.8 Å². The normalized spacial score (nSPS) is 15.9. The summed E-state index contributed by atoms with van der Waals surface area (Å²) >= 11 is 0. The van der Waals surface area contributed by atoms with Crippen molar-refractivity contribution in [2.24, 2.45) is 0 Å². The Hall–Kier alpha value is -3.59. The third-order valence-electron chi connectivity index (χ3n) is 5.34. The first-order valence-electron chi connectivity index (χ1n) is 9.41. The Kier molecular flexibility index (Phi) is 3.87. The van der Waals surface area contributed by atoms with Gasteiger partial charge in [0.05, 0.1) is 29.4 Å². The van der Waals surface area contributed by atoms with Crippen molar-refractivity contribution in [2.45, 2.75) is 32.2 Å². The number of nitriles is 1. The second-order valence-electron chi connectivity index (χ2n) is 7.19. The molecule has 0 saturated heterocycles. The zero-order chi connectivity index (χ0) is 19.1. The number of rotatable bonds is 3. The zero-order valence-electron chi connectivity index (χ0n) is 15.5. The molecular weight excluding hydrogens is 350 g/mol. The lowest BCUT2D eigenvalue weighted by Gasteiger charge is -2.27. The second-order valence-corrected chi connectivity index (χ2v) is 7.19. The molecule has 2 aromatic heterocycles. The molecule has 2 heterocycles. The van der Waals surface area contributed by atoms with Crippen molar-refractivity contribution in [3.63, 3.8) is 0 Å². The number of hydrogen-bond donors (Lipinski definition) is 2. The van der Waals surface area contributed by atoms with Crippen LogP contribution in [0, 0.1) is 18.3 Å². The third kappa shape index (κ3) is 2.81. The van der Waals surface area contributed by atoms with Gasteiger partial charge in [0.15, 0.2) is 11.7 Å². The lowest BCUT2D eigenvalue weighted by Crippen LogP contribution is -2.17. The summed E-state index contributed by atoms with van der Waals surface area (Å²) in [5.41, 5.74) is 6.03. The number of aromatic amines is 1. The van der Waals surface area contributed by atoms with E-state index in [4.69, 9.17) is 9.68 Å². The number of fused-ring (bicyclic) bond motifs is 2. The van der Waals surface area contributed by atoms with E-state index in [-0.39, 0.29) is 6.04 Å². The molecule has 0 saturated carbocycles. The minimum atomic E-state index is 0.233. The van der Waals surface area contributed by atoms with Crippen molar-refractivity contribution >= 4 is 16.6 Å². The molecule has 0 aliphatic heterocycles. The Balaban J connectivity index is 1.49. The molecule has 0 amide bonds. The van der Waals surface area contributed by atoms with E-state index in [0.29, 0.717) is 11.7 Å². The van der Waals surface area contributed by atoms with Crippen molar-refractivity contribution < 1.29 is 4.42 Å². The summed E-state index contributed by atoms with van der Waals surface area (Å²) in [7, 11) is 0. The number of aromatic nitrogens is 3. The Morgan fingerprint density at radius 2 is 2.18 bits per heavy atom. The number of oxazole rings is 1. The van der Waals surface area contributed by atoms with E-state index >= 15 is 0 Å². The average Bonchev–Trinajstić information content (AvgIpc) is 3.33. The van der Waals surface area contributed by atoms with Crippen LogP contribution in [0.25, 0.3) is 22.4 Å². The van der Waals surface area contributed by atoms with Gasteiger partial charge in [0.2, 0.25) is 0 Å². The van der Waals surface area contributed by atoms with Crippen molar-refractivity contribution in [1.82, 2.24) is 15.2 Å². The molecule has 0 bridgehead atoms. The number of nitrogens with one attached hydrogen (secondary N) is 2. The third-order valence-corrected chi connectivity index (χ3v) is 5.34. The summed E-state index contributed by atoms with van der Waals surface area (Å²) in [6.45, 7) is 1.82. The quantitative estimate of drug-likeness (QED) is 0.537. The summed E-state index contributed by atoms with van der Waals surface area (Å²) in [5, 5.41) is 21.3. The highest BCUT2D eigenvalue weighted by Crippen LogP contribution is 2.35. The molecule has 0 fully saturated rings. The van der Waals surface area contributed by atoms with E-state index in [1.165, 1.54) is 11.1 Å². The first kappa shape index (κ1) is 16.6. The fourth-order valence-corrected chi connectivity index (χ4v) is 4.00. The number of nitrogens with zero attached hydrogens (tertiary/aromatic N) is 3. The van der Waals surface area contributed by atoms with E-state index in [1.54, 1.807) is 6.20 Å². The molecule has 0 radical (unpaired) electrons. The smallest absolute Gasteiger partial charge is 0.191 e. The highest BCUT2D eigenvalue weighted by atomic mass is 16.4. The fraction of sp³-hybridized carbons (Fsp3) is 0.227. The Labute approximate surface area is 162 Å². The van der Waals surface area contributed by atoms with Gasteiger partial charge in [-0.05, 0) is 60.7 Å². The van der Waals surface area contributed by atoms with Crippen molar-refractivity contribution in [2.75, 3.05) is 5.32 Å². The molecule has 6 nitrogen and oxygen atoms in total. The first-order chi connectivity index (χ1) is 13.7. The monoisotopic (exact) mass is 369 g/mol. The molecular formula is C22H19N5O. The average molecular weight is 369 g/mol. The molecule has 1 aliphatic rings. The maximum absolute atomic E-state index is 9.16. The van der Waals surface area contributed by atoms with E-state index in [1.807, 2.05) is 25.1 Å². The second kappa shape index (κ2) is 6.54.